The molecule has 1 heterocycles. The number of rotatable bonds is 5. The molecule has 6 nitrogen and oxygen atoms in total. The number of nitrogens with one attached hydrogen (secondary N) is 1. The first kappa shape index (κ1) is 19.0. The van der Waals surface area contributed by atoms with Crippen LogP contribution < -0.4 is 5.32 Å². The molecule has 0 spiro atoms. The van der Waals surface area contributed by atoms with E-state index in [-0.39, 0.29) is 18.4 Å². The standard InChI is InChI=1S/C19H26N2O4/c1-13-8-9-14(2)16(11-13)20-19(24)15(3)25-18(23)12-21-10-6-4-5-7-17(21)22/h8-9,11,15H,4-7,10,12H2,1-3H3,(H,20,24)/t15-/m1/s1. The number of nitrogens with zero attached hydrogens (tertiary/aromatic N) is 1. The van der Waals surface area contributed by atoms with Gasteiger partial charge in [0, 0.05) is 18.7 Å². The van der Waals surface area contributed by atoms with Gasteiger partial charge in [-0.3, -0.25) is 14.4 Å². The van der Waals surface area contributed by atoms with Crippen molar-refractivity contribution in [2.75, 3.05) is 18.4 Å². The van der Waals surface area contributed by atoms with Crippen molar-refractivity contribution >= 4 is 23.5 Å². The molecule has 1 aromatic rings. The van der Waals surface area contributed by atoms with Gasteiger partial charge in [0.15, 0.2) is 6.10 Å². The van der Waals surface area contributed by atoms with E-state index in [9.17, 15) is 14.4 Å². The SMILES string of the molecule is Cc1ccc(C)c(NC(=O)[C@@H](C)OC(=O)CN2CCCCCC2=O)c1. The van der Waals surface area contributed by atoms with Crippen molar-refractivity contribution in [3.05, 3.63) is 29.3 Å². The van der Waals surface area contributed by atoms with E-state index in [1.54, 1.807) is 0 Å². The predicted molar refractivity (Wildman–Crippen MR) is 95.1 cm³/mol. The number of aryl methyl sites for hydroxylation is 2. The molecule has 2 rings (SSSR count). The number of ether oxygens (including phenoxy) is 1. The number of amides is 2. The summed E-state index contributed by atoms with van der Waals surface area (Å²) in [6, 6.07) is 5.76. The maximum atomic E-state index is 12.3. The number of anilines is 1. The summed E-state index contributed by atoms with van der Waals surface area (Å²) in [7, 11) is 0. The van der Waals surface area contributed by atoms with E-state index >= 15 is 0 Å². The molecular formula is C19H26N2O4. The van der Waals surface area contributed by atoms with Crippen LogP contribution in [0.15, 0.2) is 18.2 Å². The lowest BCUT2D eigenvalue weighted by atomic mass is 10.1. The van der Waals surface area contributed by atoms with Crippen LogP contribution in [0, 0.1) is 13.8 Å². The van der Waals surface area contributed by atoms with Crippen LogP contribution in [0.2, 0.25) is 0 Å². The van der Waals surface area contributed by atoms with Crippen LogP contribution in [0.5, 0.6) is 0 Å². The van der Waals surface area contributed by atoms with Gasteiger partial charge in [-0.2, -0.15) is 0 Å². The first-order chi connectivity index (χ1) is 11.9. The van der Waals surface area contributed by atoms with Crippen molar-refractivity contribution < 1.29 is 19.1 Å². The van der Waals surface area contributed by atoms with Crippen LogP contribution in [0.1, 0.15) is 43.7 Å². The molecule has 1 atom stereocenters. The third-order valence-corrected chi connectivity index (χ3v) is 4.32. The van der Waals surface area contributed by atoms with Crippen molar-refractivity contribution in [3.63, 3.8) is 0 Å². The van der Waals surface area contributed by atoms with Crippen molar-refractivity contribution in [3.8, 4) is 0 Å². The fourth-order valence-corrected chi connectivity index (χ4v) is 2.75. The lowest BCUT2D eigenvalue weighted by Gasteiger charge is -2.21. The van der Waals surface area contributed by atoms with E-state index in [4.69, 9.17) is 4.74 Å². The quantitative estimate of drug-likeness (QED) is 0.832. The normalized spacial score (nSPS) is 16.1. The number of hydrogen-bond donors (Lipinski definition) is 1. The number of esters is 1. The highest BCUT2D eigenvalue weighted by molar-refractivity contribution is 5.96. The van der Waals surface area contributed by atoms with Crippen LogP contribution in [-0.4, -0.2) is 41.9 Å². The summed E-state index contributed by atoms with van der Waals surface area (Å²) in [6.07, 6.45) is 2.29. The lowest BCUT2D eigenvalue weighted by Crippen LogP contribution is -2.38. The summed E-state index contributed by atoms with van der Waals surface area (Å²) in [5.74, 6) is -0.968. The van der Waals surface area contributed by atoms with Crippen molar-refractivity contribution in [2.45, 2.75) is 52.6 Å². The third-order valence-electron chi connectivity index (χ3n) is 4.32. The zero-order chi connectivity index (χ0) is 18.4. The molecular weight excluding hydrogens is 320 g/mol. The summed E-state index contributed by atoms with van der Waals surface area (Å²) in [5, 5.41) is 2.78. The van der Waals surface area contributed by atoms with Gasteiger partial charge in [-0.05, 0) is 50.8 Å². The molecule has 25 heavy (non-hydrogen) atoms. The van der Waals surface area contributed by atoms with Gasteiger partial charge in [-0.1, -0.05) is 18.6 Å². The summed E-state index contributed by atoms with van der Waals surface area (Å²) >= 11 is 0. The van der Waals surface area contributed by atoms with Gasteiger partial charge < -0.3 is 15.0 Å². The fourth-order valence-electron chi connectivity index (χ4n) is 2.75. The molecule has 6 heteroatoms. The lowest BCUT2D eigenvalue weighted by molar-refractivity contribution is -0.156. The van der Waals surface area contributed by atoms with E-state index in [1.165, 1.54) is 11.8 Å². The Balaban J connectivity index is 1.88. The van der Waals surface area contributed by atoms with E-state index in [2.05, 4.69) is 5.32 Å². The van der Waals surface area contributed by atoms with E-state index < -0.39 is 12.1 Å². The average molecular weight is 346 g/mol. The monoisotopic (exact) mass is 346 g/mol. The molecule has 0 saturated carbocycles. The molecule has 136 valence electrons. The van der Waals surface area contributed by atoms with Gasteiger partial charge in [0.2, 0.25) is 5.91 Å². The van der Waals surface area contributed by atoms with Crippen LogP contribution >= 0.6 is 0 Å². The Morgan fingerprint density at radius 3 is 2.76 bits per heavy atom. The van der Waals surface area contributed by atoms with Gasteiger partial charge in [0.1, 0.15) is 6.54 Å². The minimum atomic E-state index is -0.922. The zero-order valence-electron chi connectivity index (χ0n) is 15.1. The van der Waals surface area contributed by atoms with Gasteiger partial charge in [-0.25, -0.2) is 0 Å². The number of carbonyl (C=O) groups is 3. The largest absolute Gasteiger partial charge is 0.451 e. The molecule has 1 aliphatic rings. The summed E-state index contributed by atoms with van der Waals surface area (Å²) in [5.41, 5.74) is 2.67. The van der Waals surface area contributed by atoms with Crippen molar-refractivity contribution in [1.29, 1.82) is 0 Å². The van der Waals surface area contributed by atoms with E-state index in [1.807, 2.05) is 32.0 Å². The minimum Gasteiger partial charge on any atom is -0.451 e. The molecule has 0 radical (unpaired) electrons. The average Bonchev–Trinajstić information content (AvgIpc) is 2.75. The Hall–Kier alpha value is -2.37. The van der Waals surface area contributed by atoms with E-state index in [0.717, 1.165) is 30.4 Å². The van der Waals surface area contributed by atoms with Gasteiger partial charge >= 0.3 is 5.97 Å². The molecule has 1 saturated heterocycles. The second kappa shape index (κ2) is 8.65. The number of likely N-dealkylation sites (tertiary alicyclic amines) is 1. The van der Waals surface area contributed by atoms with Gasteiger partial charge in [-0.15, -0.1) is 0 Å². The number of carbonyl (C=O) groups excluding carboxylic acids is 3. The number of benzene rings is 1. The molecule has 1 aliphatic heterocycles. The Bertz CT molecular complexity index is 657. The molecule has 0 bridgehead atoms. The van der Waals surface area contributed by atoms with Gasteiger partial charge in [0.25, 0.3) is 5.91 Å². The summed E-state index contributed by atoms with van der Waals surface area (Å²) < 4.78 is 5.20. The topological polar surface area (TPSA) is 75.7 Å². The van der Waals surface area contributed by atoms with Crippen LogP contribution in [0.3, 0.4) is 0 Å². The highest BCUT2D eigenvalue weighted by Gasteiger charge is 2.23. The van der Waals surface area contributed by atoms with Crippen LogP contribution in [0.4, 0.5) is 5.69 Å². The Morgan fingerprint density at radius 1 is 1.24 bits per heavy atom. The second-order valence-electron chi connectivity index (χ2n) is 6.57. The summed E-state index contributed by atoms with van der Waals surface area (Å²) in [4.78, 5) is 37.8. The second-order valence-corrected chi connectivity index (χ2v) is 6.57. The molecule has 0 aromatic heterocycles. The molecule has 1 fully saturated rings. The fraction of sp³-hybridized carbons (Fsp3) is 0.526. The predicted octanol–water partition coefficient (Wildman–Crippen LogP) is 2.58. The molecule has 1 N–H and O–H groups in total. The van der Waals surface area contributed by atoms with Crippen LogP contribution in [-0.2, 0) is 19.1 Å². The third kappa shape index (κ3) is 5.59. The highest BCUT2D eigenvalue weighted by Crippen LogP contribution is 2.17. The first-order valence-corrected chi connectivity index (χ1v) is 8.72. The van der Waals surface area contributed by atoms with Crippen molar-refractivity contribution in [1.82, 2.24) is 4.90 Å². The highest BCUT2D eigenvalue weighted by atomic mass is 16.5. The smallest absolute Gasteiger partial charge is 0.326 e. The Morgan fingerprint density at radius 2 is 2.00 bits per heavy atom. The minimum absolute atomic E-state index is 0.0260. The maximum absolute atomic E-state index is 12.3. The summed E-state index contributed by atoms with van der Waals surface area (Å²) in [6.45, 7) is 5.84. The Kier molecular flexibility index (Phi) is 6.56. The zero-order valence-corrected chi connectivity index (χ0v) is 15.1. The molecule has 1 aromatic carbocycles. The maximum Gasteiger partial charge on any atom is 0.326 e. The Labute approximate surface area is 148 Å². The van der Waals surface area contributed by atoms with Crippen molar-refractivity contribution in [2.24, 2.45) is 0 Å². The molecule has 0 unspecified atom stereocenters. The number of hydrogen-bond acceptors (Lipinski definition) is 4. The molecule has 0 aliphatic carbocycles. The van der Waals surface area contributed by atoms with Gasteiger partial charge in [0.05, 0.1) is 0 Å². The van der Waals surface area contributed by atoms with E-state index in [0.29, 0.717) is 18.7 Å². The first-order valence-electron chi connectivity index (χ1n) is 8.72. The molecule has 2 amide bonds. The van der Waals surface area contributed by atoms with Crippen LogP contribution in [0.25, 0.3) is 0 Å².